The minimum absolute atomic E-state index is 0.0430. The molecule has 7 atom stereocenters. The number of carboxylic acids is 1. The first-order valence-electron chi connectivity index (χ1n) is 18.1. The van der Waals surface area contributed by atoms with E-state index in [0.29, 0.717) is 34.9 Å². The Kier molecular flexibility index (Phi) is 11.4. The second kappa shape index (κ2) is 16.6. The van der Waals surface area contributed by atoms with Crippen LogP contribution in [-0.2, 0) is 28.7 Å². The lowest BCUT2D eigenvalue weighted by Crippen LogP contribution is -3.08. The topological polar surface area (TPSA) is 228 Å². The number of aldehydes is 1. The van der Waals surface area contributed by atoms with Gasteiger partial charge in [-0.05, 0) is 61.9 Å². The molecule has 0 spiro atoms. The molecule has 7 unspecified atom stereocenters. The number of quaternary nitrogens is 1. The molecule has 296 valence electrons. The molecule has 0 saturated carbocycles. The summed E-state index contributed by atoms with van der Waals surface area (Å²) < 4.78 is 23.5. The maximum absolute atomic E-state index is 13.5. The average Bonchev–Trinajstić information content (AvgIpc) is 3.77. The Bertz CT molecular complexity index is 2330. The van der Waals surface area contributed by atoms with Crippen molar-refractivity contribution < 1.29 is 63.3 Å². The van der Waals surface area contributed by atoms with Gasteiger partial charge in [0.2, 0.25) is 18.4 Å². The second-order valence-electron chi connectivity index (χ2n) is 13.9. The molecule has 16 heteroatoms. The molecule has 57 heavy (non-hydrogen) atoms. The molecule has 4 heterocycles. The minimum Gasteiger partial charge on any atom is -0.508 e. The highest BCUT2D eigenvalue weighted by molar-refractivity contribution is 5.98. The van der Waals surface area contributed by atoms with E-state index < -0.39 is 55.3 Å². The molecule has 3 aliphatic rings. The smallest absolute Gasteiger partial charge is 0.334 e. The molecular formula is C41H40N3O13+. The van der Waals surface area contributed by atoms with Crippen molar-refractivity contribution in [3.63, 3.8) is 0 Å². The third kappa shape index (κ3) is 8.27. The fraction of sp³-hybridized carbons (Fsp3) is 0.293. The summed E-state index contributed by atoms with van der Waals surface area (Å²) >= 11 is 0. The predicted octanol–water partition coefficient (Wildman–Crippen LogP) is 1.36. The van der Waals surface area contributed by atoms with Gasteiger partial charge >= 0.3 is 11.9 Å². The Balaban J connectivity index is 1.18. The van der Waals surface area contributed by atoms with Crippen LogP contribution in [0.1, 0.15) is 23.1 Å². The molecule has 6 N–H and O–H groups in total. The number of carbonyl (C=O) groups is 3. The fourth-order valence-corrected chi connectivity index (χ4v) is 7.03. The number of nitrogens with zero attached hydrogens (tertiary/aromatic N) is 1. The van der Waals surface area contributed by atoms with Crippen molar-refractivity contribution in [2.75, 3.05) is 19.7 Å². The van der Waals surface area contributed by atoms with Crippen LogP contribution in [0.5, 0.6) is 11.5 Å². The molecule has 0 radical (unpaired) electrons. The number of hydrogen-bond acceptors (Lipinski definition) is 14. The highest BCUT2D eigenvalue weighted by Crippen LogP contribution is 2.32. The van der Waals surface area contributed by atoms with Crippen molar-refractivity contribution in [1.29, 1.82) is 0 Å². The zero-order valence-electron chi connectivity index (χ0n) is 30.8. The maximum atomic E-state index is 13.5. The van der Waals surface area contributed by atoms with Gasteiger partial charge in [0.05, 0.1) is 10.9 Å². The van der Waals surface area contributed by atoms with Gasteiger partial charge in [0, 0.05) is 36.4 Å². The van der Waals surface area contributed by atoms with Crippen LogP contribution in [0.3, 0.4) is 0 Å². The van der Waals surface area contributed by atoms with Gasteiger partial charge in [0.25, 0.3) is 0 Å². The number of aliphatic imine (C=N–C) groups is 1. The number of hydroxylamine groups is 2. The molecule has 16 nitrogen and oxygen atoms in total. The van der Waals surface area contributed by atoms with E-state index in [1.165, 1.54) is 36.6 Å². The molecule has 3 aliphatic heterocycles. The number of esters is 1. The zero-order chi connectivity index (χ0) is 40.4. The summed E-state index contributed by atoms with van der Waals surface area (Å²) in [5, 5.41) is 45.3. The van der Waals surface area contributed by atoms with E-state index in [9.17, 15) is 39.6 Å². The third-order valence-electron chi connectivity index (χ3n) is 9.74. The molecule has 1 aromatic heterocycles. The van der Waals surface area contributed by atoms with E-state index in [1.54, 1.807) is 18.3 Å². The van der Waals surface area contributed by atoms with Crippen molar-refractivity contribution in [3.8, 4) is 22.6 Å². The zero-order valence-corrected chi connectivity index (χ0v) is 30.8. The summed E-state index contributed by atoms with van der Waals surface area (Å²) in [5.41, 5.74) is 5.76. The molecule has 7 rings (SSSR count). The summed E-state index contributed by atoms with van der Waals surface area (Å²) in [6.07, 6.45) is -2.34. The number of allylic oxidation sites excluding steroid dienone is 1. The summed E-state index contributed by atoms with van der Waals surface area (Å²) in [4.78, 5) is 59.8. The molecule has 1 saturated heterocycles. The van der Waals surface area contributed by atoms with Crippen molar-refractivity contribution in [2.24, 2.45) is 4.99 Å². The first-order valence-corrected chi connectivity index (χ1v) is 18.1. The van der Waals surface area contributed by atoms with Gasteiger partial charge in [-0.2, -0.15) is 9.90 Å². The van der Waals surface area contributed by atoms with Gasteiger partial charge in [0.1, 0.15) is 66.8 Å². The van der Waals surface area contributed by atoms with Crippen molar-refractivity contribution in [1.82, 2.24) is 5.32 Å². The Hall–Kier alpha value is -6.01. The number of aliphatic hydroxyl groups is 2. The monoisotopic (exact) mass is 782 g/mol. The van der Waals surface area contributed by atoms with Gasteiger partial charge in [-0.25, -0.2) is 14.6 Å². The van der Waals surface area contributed by atoms with Gasteiger partial charge < -0.3 is 43.8 Å². The van der Waals surface area contributed by atoms with Crippen molar-refractivity contribution >= 4 is 41.1 Å². The normalized spacial score (nSPS) is 23.3. The first kappa shape index (κ1) is 39.2. The van der Waals surface area contributed by atoms with E-state index in [-0.39, 0.29) is 46.4 Å². The predicted molar refractivity (Wildman–Crippen MR) is 202 cm³/mol. The van der Waals surface area contributed by atoms with E-state index in [2.05, 4.69) is 10.3 Å². The molecule has 3 aromatic carbocycles. The number of aromatic hydroxyl groups is 1. The number of aliphatic carboxylic acids is 1. The Morgan fingerprint density at radius 3 is 2.51 bits per heavy atom. The third-order valence-corrected chi connectivity index (χ3v) is 9.74. The minimum atomic E-state index is -1.81. The van der Waals surface area contributed by atoms with Crippen molar-refractivity contribution in [3.05, 3.63) is 111 Å². The van der Waals surface area contributed by atoms with Gasteiger partial charge in [0.15, 0.2) is 11.1 Å². The van der Waals surface area contributed by atoms with Crippen molar-refractivity contribution in [2.45, 2.75) is 57.0 Å². The van der Waals surface area contributed by atoms with Crippen LogP contribution in [0.4, 0.5) is 0 Å². The Morgan fingerprint density at radius 1 is 1.04 bits per heavy atom. The highest BCUT2D eigenvalue weighted by atomic mass is 16.8. The standard InChI is InChI=1S/C41H39N3O13/c1-21-14-22(2)16-25(15-21)34-32-24(10-12-43-32)18-44(34)57-38-37(49)36(48)31(20-54-40(52)33(39(50)51)42-11-3-13-45)56-41(38)55-27-8-9-28-30(17-27)53-19-29(35(28)47)23-4-6-26(46)7-5-23/h4-10,12-17,19,31,33,36-38,41-42,46,48-49H,3,11,18,20H2,1-2H3,(H,50,51)/p+1. The van der Waals surface area contributed by atoms with Crippen LogP contribution in [-0.4, -0.2) is 101 Å². The number of carboxylic acid groups (broad SMARTS) is 1. The molecule has 0 bridgehead atoms. The van der Waals surface area contributed by atoms with Crippen LogP contribution in [0, 0.1) is 13.8 Å². The lowest BCUT2D eigenvalue weighted by Gasteiger charge is -2.41. The van der Waals surface area contributed by atoms with Crippen LogP contribution >= 0.6 is 0 Å². The number of benzene rings is 3. The van der Waals surface area contributed by atoms with E-state index in [4.69, 9.17) is 23.5 Å². The molecule has 0 amide bonds. The van der Waals surface area contributed by atoms with Gasteiger partial charge in [-0.1, -0.05) is 29.3 Å². The molecule has 1 fully saturated rings. The number of fused-ring (bicyclic) bond motifs is 2. The summed E-state index contributed by atoms with van der Waals surface area (Å²) in [7, 11) is 0. The van der Waals surface area contributed by atoms with Crippen LogP contribution in [0.2, 0.25) is 0 Å². The van der Waals surface area contributed by atoms with Gasteiger partial charge in [-0.15, -0.1) is 0 Å². The number of aliphatic hydroxyl groups excluding tert-OH is 2. The lowest BCUT2D eigenvalue weighted by atomic mass is 9.99. The number of rotatable bonds is 14. The summed E-state index contributed by atoms with van der Waals surface area (Å²) in [5.74, 6) is -2.59. The fourth-order valence-electron chi connectivity index (χ4n) is 7.03. The number of nitrogens with one attached hydrogen (secondary N) is 2. The summed E-state index contributed by atoms with van der Waals surface area (Å²) in [6, 6.07) is 14.7. The van der Waals surface area contributed by atoms with E-state index in [1.807, 2.05) is 38.1 Å². The number of aryl methyl sites for hydroxylation is 2. The number of ether oxygens (including phenoxy) is 3. The Labute approximate surface area is 324 Å². The van der Waals surface area contributed by atoms with Crippen LogP contribution in [0.15, 0.2) is 98.5 Å². The number of phenols is 1. The van der Waals surface area contributed by atoms with E-state index in [0.717, 1.165) is 22.3 Å². The average molecular weight is 783 g/mol. The Morgan fingerprint density at radius 2 is 1.79 bits per heavy atom. The SMILES string of the molecule is Cc1cc(C)cc(C2=C3N=CC=C3C[NH+]2OC2C(Oc3ccc4c(=O)c(-c5ccc(O)cc5)coc4c3)OC(COC(=O)C(NCCC=O)C(=O)O)C(O)C2O)c1. The molecule has 4 aromatic rings. The maximum Gasteiger partial charge on any atom is 0.334 e. The largest absolute Gasteiger partial charge is 0.508 e. The highest BCUT2D eigenvalue weighted by Gasteiger charge is 2.51. The van der Waals surface area contributed by atoms with Crippen LogP contribution < -0.4 is 20.5 Å². The molecular weight excluding hydrogens is 742 g/mol. The lowest BCUT2D eigenvalue weighted by molar-refractivity contribution is -1.04. The molecule has 0 aliphatic carbocycles. The summed E-state index contributed by atoms with van der Waals surface area (Å²) in [6.45, 7) is 3.46. The quantitative estimate of drug-likeness (QED) is 0.0460. The van der Waals surface area contributed by atoms with Gasteiger partial charge in [-0.3, -0.25) is 10.1 Å². The number of hydrogen-bond donors (Lipinski definition) is 6. The van der Waals surface area contributed by atoms with Crippen LogP contribution in [0.25, 0.3) is 27.8 Å². The number of phenolic OH excluding ortho intramolecular Hbond substituents is 1. The van der Waals surface area contributed by atoms with E-state index >= 15 is 0 Å². The number of carbonyl (C=O) groups excluding carboxylic acids is 2. The second-order valence-corrected chi connectivity index (χ2v) is 13.9. The first-order chi connectivity index (χ1) is 27.4.